The van der Waals surface area contributed by atoms with Gasteiger partial charge in [0.2, 0.25) is 0 Å². The Morgan fingerprint density at radius 2 is 1.61 bits per heavy atom. The first-order chi connectivity index (χ1) is 13.6. The van der Waals surface area contributed by atoms with Crippen LogP contribution in [0, 0.1) is 42.2 Å². The second kappa shape index (κ2) is 8.65. The predicted molar refractivity (Wildman–Crippen MR) is 109 cm³/mol. The Kier molecular flexibility index (Phi) is 6.20. The van der Waals surface area contributed by atoms with Crippen LogP contribution in [0.4, 0.5) is 8.78 Å². The molecule has 0 amide bonds. The van der Waals surface area contributed by atoms with Crippen molar-refractivity contribution in [2.24, 2.45) is 23.7 Å². The summed E-state index contributed by atoms with van der Waals surface area (Å²) in [5.74, 6) is 1.86. The second-order valence-electron chi connectivity index (χ2n) is 9.44. The van der Waals surface area contributed by atoms with Crippen molar-refractivity contribution in [3.63, 3.8) is 0 Å². The van der Waals surface area contributed by atoms with E-state index in [1.165, 1.54) is 51.4 Å². The summed E-state index contributed by atoms with van der Waals surface area (Å²) < 4.78 is 34.1. The van der Waals surface area contributed by atoms with Crippen LogP contribution in [-0.4, -0.2) is 6.61 Å². The average Bonchev–Trinajstić information content (AvgIpc) is 3.56. The first-order valence-electron chi connectivity index (χ1n) is 11.3. The van der Waals surface area contributed by atoms with Crippen LogP contribution in [0.25, 0.3) is 0 Å². The number of ether oxygens (including phenoxy) is 1. The zero-order valence-corrected chi connectivity index (χ0v) is 17.2. The van der Waals surface area contributed by atoms with Gasteiger partial charge < -0.3 is 4.74 Å². The maximum absolute atomic E-state index is 14.6. The molecule has 1 atom stereocenters. The Morgan fingerprint density at radius 3 is 2.18 bits per heavy atom. The normalized spacial score (nSPS) is 32.9. The van der Waals surface area contributed by atoms with E-state index in [4.69, 9.17) is 4.74 Å². The van der Waals surface area contributed by atoms with Gasteiger partial charge in [0.15, 0.2) is 11.6 Å². The summed E-state index contributed by atoms with van der Waals surface area (Å²) in [7, 11) is 0. The molecule has 2 saturated carbocycles. The lowest BCUT2D eigenvalue weighted by atomic mass is 9.68. The van der Waals surface area contributed by atoms with Gasteiger partial charge in [0, 0.05) is 5.56 Å². The number of halogens is 2. The lowest BCUT2D eigenvalue weighted by Gasteiger charge is -2.37. The molecule has 1 unspecified atom stereocenters. The molecule has 154 valence electrons. The molecular formula is C25H34F2O. The summed E-state index contributed by atoms with van der Waals surface area (Å²) in [6, 6.07) is 1.79. The van der Waals surface area contributed by atoms with E-state index in [1.807, 2.05) is 6.92 Å². The van der Waals surface area contributed by atoms with Gasteiger partial charge in [0.25, 0.3) is 0 Å². The summed E-state index contributed by atoms with van der Waals surface area (Å²) >= 11 is 0. The molecule has 0 aromatic heterocycles. The highest BCUT2D eigenvalue weighted by Crippen LogP contribution is 2.42. The van der Waals surface area contributed by atoms with E-state index in [1.54, 1.807) is 6.07 Å². The van der Waals surface area contributed by atoms with Crippen molar-refractivity contribution in [2.75, 3.05) is 6.61 Å². The molecule has 1 aliphatic heterocycles. The Labute approximate surface area is 168 Å². The molecule has 1 heterocycles. The van der Waals surface area contributed by atoms with Gasteiger partial charge in [0.05, 0.1) is 6.61 Å². The quantitative estimate of drug-likeness (QED) is 0.375. The van der Waals surface area contributed by atoms with E-state index in [2.05, 4.69) is 12.7 Å². The Hall–Kier alpha value is -1.22. The Bertz CT molecular complexity index is 693. The monoisotopic (exact) mass is 388 g/mol. The van der Waals surface area contributed by atoms with Crippen molar-refractivity contribution in [3.8, 4) is 0 Å². The van der Waals surface area contributed by atoms with E-state index in [0.717, 1.165) is 29.7 Å². The van der Waals surface area contributed by atoms with Crippen LogP contribution in [0.15, 0.2) is 18.7 Å². The van der Waals surface area contributed by atoms with Gasteiger partial charge in [-0.2, -0.15) is 0 Å². The number of epoxide rings is 1. The number of aryl methyl sites for hydroxylation is 1. The third-order valence-electron chi connectivity index (χ3n) is 7.75. The molecule has 3 heteroatoms. The fraction of sp³-hybridized carbons (Fsp3) is 0.680. The zero-order chi connectivity index (χ0) is 19.7. The van der Waals surface area contributed by atoms with Crippen LogP contribution < -0.4 is 0 Å². The average molecular weight is 389 g/mol. The molecule has 4 rings (SSSR count). The number of hydrogen-bond donors (Lipinski definition) is 0. The number of benzene rings is 1. The fourth-order valence-electron chi connectivity index (χ4n) is 5.73. The summed E-state index contributed by atoms with van der Waals surface area (Å²) in [5, 5.41) is 0. The maximum atomic E-state index is 14.6. The molecule has 3 aliphatic rings. The summed E-state index contributed by atoms with van der Waals surface area (Å²) in [6.45, 7) is 6.37. The van der Waals surface area contributed by atoms with Crippen molar-refractivity contribution in [1.82, 2.24) is 0 Å². The van der Waals surface area contributed by atoms with Crippen molar-refractivity contribution in [3.05, 3.63) is 47.0 Å². The van der Waals surface area contributed by atoms with Gasteiger partial charge in [-0.1, -0.05) is 18.9 Å². The smallest absolute Gasteiger partial charge is 0.165 e. The van der Waals surface area contributed by atoms with E-state index in [-0.39, 0.29) is 6.10 Å². The van der Waals surface area contributed by atoms with Gasteiger partial charge in [-0.3, -0.25) is 0 Å². The first-order valence-corrected chi connectivity index (χ1v) is 11.3. The van der Waals surface area contributed by atoms with Crippen LogP contribution in [0.5, 0.6) is 0 Å². The van der Waals surface area contributed by atoms with E-state index < -0.39 is 11.6 Å². The van der Waals surface area contributed by atoms with Gasteiger partial charge >= 0.3 is 0 Å². The standard InChI is InChI=1S/C25H34F2O/c1-3-17-4-9-19(10-5-17)20-11-6-18(7-12-20)8-13-21-16(2)14-22(23-15-28-23)25(27)24(21)26/h3,14,17-20,23H,1,4-13,15H2,2H3. The summed E-state index contributed by atoms with van der Waals surface area (Å²) in [5.41, 5.74) is 1.84. The Morgan fingerprint density at radius 1 is 1.00 bits per heavy atom. The minimum absolute atomic E-state index is 0.237. The molecule has 1 aromatic rings. The van der Waals surface area contributed by atoms with Crippen molar-refractivity contribution in [2.45, 2.75) is 77.2 Å². The second-order valence-corrected chi connectivity index (χ2v) is 9.44. The van der Waals surface area contributed by atoms with Gasteiger partial charge in [0.1, 0.15) is 6.10 Å². The van der Waals surface area contributed by atoms with E-state index in [9.17, 15) is 8.78 Å². The molecule has 2 aliphatic carbocycles. The molecule has 3 fully saturated rings. The molecule has 28 heavy (non-hydrogen) atoms. The number of hydrogen-bond acceptors (Lipinski definition) is 1. The van der Waals surface area contributed by atoms with Gasteiger partial charge in [-0.05, 0) is 99.2 Å². The maximum Gasteiger partial charge on any atom is 0.165 e. The summed E-state index contributed by atoms with van der Waals surface area (Å²) in [4.78, 5) is 0. The lowest BCUT2D eigenvalue weighted by molar-refractivity contribution is 0.152. The molecule has 1 nitrogen and oxygen atoms in total. The van der Waals surface area contributed by atoms with E-state index >= 15 is 0 Å². The largest absolute Gasteiger partial charge is 0.368 e. The van der Waals surface area contributed by atoms with Gasteiger partial charge in [-0.15, -0.1) is 6.58 Å². The van der Waals surface area contributed by atoms with E-state index in [0.29, 0.717) is 30.1 Å². The molecule has 0 N–H and O–H groups in total. The topological polar surface area (TPSA) is 12.5 Å². The predicted octanol–water partition coefficient (Wildman–Crippen LogP) is 7.08. The molecule has 1 aromatic carbocycles. The number of rotatable bonds is 6. The molecule has 1 saturated heterocycles. The van der Waals surface area contributed by atoms with Crippen LogP contribution in [0.2, 0.25) is 0 Å². The van der Waals surface area contributed by atoms with Crippen LogP contribution in [-0.2, 0) is 11.2 Å². The SMILES string of the molecule is C=CC1CCC(C2CCC(CCc3c(C)cc(C4CO4)c(F)c3F)CC2)CC1. The fourth-order valence-corrected chi connectivity index (χ4v) is 5.73. The van der Waals surface area contributed by atoms with Crippen LogP contribution in [0.3, 0.4) is 0 Å². The molecule has 0 spiro atoms. The molecule has 0 radical (unpaired) electrons. The lowest BCUT2D eigenvalue weighted by Crippen LogP contribution is -2.25. The minimum Gasteiger partial charge on any atom is -0.368 e. The summed E-state index contributed by atoms with van der Waals surface area (Å²) in [6.07, 6.45) is 14.1. The highest BCUT2D eigenvalue weighted by atomic mass is 19.2. The Balaban J connectivity index is 1.28. The first kappa shape index (κ1) is 20.1. The van der Waals surface area contributed by atoms with Crippen molar-refractivity contribution >= 4 is 0 Å². The molecule has 0 bridgehead atoms. The third-order valence-corrected chi connectivity index (χ3v) is 7.75. The zero-order valence-electron chi connectivity index (χ0n) is 17.2. The number of allylic oxidation sites excluding steroid dienone is 1. The molecular weight excluding hydrogens is 354 g/mol. The highest BCUT2D eigenvalue weighted by Gasteiger charge is 2.32. The third kappa shape index (κ3) is 4.35. The minimum atomic E-state index is -0.693. The highest BCUT2D eigenvalue weighted by molar-refractivity contribution is 5.36. The van der Waals surface area contributed by atoms with Crippen LogP contribution in [0.1, 0.15) is 80.6 Å². The van der Waals surface area contributed by atoms with Crippen molar-refractivity contribution < 1.29 is 13.5 Å². The van der Waals surface area contributed by atoms with Gasteiger partial charge in [-0.25, -0.2) is 8.78 Å². The van der Waals surface area contributed by atoms with Crippen molar-refractivity contribution in [1.29, 1.82) is 0 Å². The van der Waals surface area contributed by atoms with Crippen LogP contribution >= 0.6 is 0 Å².